The monoisotopic (exact) mass is 234 g/mol. The second-order valence-electron chi connectivity index (χ2n) is 3.50. The molecular formula is C12H14N2O3. The summed E-state index contributed by atoms with van der Waals surface area (Å²) in [7, 11) is 0. The van der Waals surface area contributed by atoms with Crippen LogP contribution in [0.1, 0.15) is 12.5 Å². The number of carbonyl (C=O) groups excluding carboxylic acids is 3. The smallest absolute Gasteiger partial charge is 0.287 e. The van der Waals surface area contributed by atoms with E-state index in [9.17, 15) is 14.4 Å². The molecule has 0 aliphatic heterocycles. The van der Waals surface area contributed by atoms with Crippen LogP contribution < -0.4 is 10.6 Å². The van der Waals surface area contributed by atoms with Crippen molar-refractivity contribution < 1.29 is 14.4 Å². The first-order valence-corrected chi connectivity index (χ1v) is 5.19. The summed E-state index contributed by atoms with van der Waals surface area (Å²) in [5, 5.41) is 4.85. The Morgan fingerprint density at radius 3 is 2.29 bits per heavy atom. The number of hydrogen-bond acceptors (Lipinski definition) is 3. The molecule has 0 fully saturated rings. The molecule has 0 spiro atoms. The fourth-order valence-corrected chi connectivity index (χ4v) is 1.14. The highest BCUT2D eigenvalue weighted by atomic mass is 16.2. The molecule has 2 N–H and O–H groups in total. The molecule has 2 amide bonds. The molecule has 17 heavy (non-hydrogen) atoms. The zero-order chi connectivity index (χ0) is 12.7. The van der Waals surface area contributed by atoms with Gasteiger partial charge in [-0.05, 0) is 5.56 Å². The van der Waals surface area contributed by atoms with Crippen molar-refractivity contribution in [3.05, 3.63) is 35.9 Å². The standard InChI is InChI=1S/C12H14N2O3/c1-9(15)12(17)14-8-11(16)13-7-10-5-3-2-4-6-10/h2-6H,7-8H2,1H3,(H,13,16)(H,14,17). The van der Waals surface area contributed by atoms with Gasteiger partial charge in [0.15, 0.2) is 0 Å². The molecule has 5 heteroatoms. The fourth-order valence-electron chi connectivity index (χ4n) is 1.14. The molecule has 0 unspecified atom stereocenters. The minimum absolute atomic E-state index is 0.189. The third kappa shape index (κ3) is 4.92. The Labute approximate surface area is 99.2 Å². The predicted octanol–water partition coefficient (Wildman–Crippen LogP) is 0.00800. The van der Waals surface area contributed by atoms with Crippen LogP contribution in [0.25, 0.3) is 0 Å². The summed E-state index contributed by atoms with van der Waals surface area (Å²) >= 11 is 0. The molecule has 0 saturated heterocycles. The molecule has 1 aromatic carbocycles. The van der Waals surface area contributed by atoms with E-state index < -0.39 is 11.7 Å². The first-order chi connectivity index (χ1) is 8.09. The van der Waals surface area contributed by atoms with E-state index in [2.05, 4.69) is 10.6 Å². The van der Waals surface area contributed by atoms with Gasteiger partial charge in [0.05, 0.1) is 6.54 Å². The molecule has 1 rings (SSSR count). The Bertz CT molecular complexity index is 415. The minimum Gasteiger partial charge on any atom is -0.350 e. The van der Waals surface area contributed by atoms with Crippen LogP contribution in [0.5, 0.6) is 0 Å². The van der Waals surface area contributed by atoms with Gasteiger partial charge in [0.2, 0.25) is 11.7 Å². The van der Waals surface area contributed by atoms with Crippen molar-refractivity contribution in [3.63, 3.8) is 0 Å². The number of amides is 2. The summed E-state index contributed by atoms with van der Waals surface area (Å²) in [6, 6.07) is 9.40. The Balaban J connectivity index is 2.27. The molecule has 1 aromatic rings. The van der Waals surface area contributed by atoms with Gasteiger partial charge < -0.3 is 10.6 Å². The van der Waals surface area contributed by atoms with Crippen molar-refractivity contribution >= 4 is 17.6 Å². The number of rotatable bonds is 5. The van der Waals surface area contributed by atoms with Crippen LogP contribution in [0.3, 0.4) is 0 Å². The summed E-state index contributed by atoms with van der Waals surface area (Å²) in [4.78, 5) is 32.8. The lowest BCUT2D eigenvalue weighted by Gasteiger charge is -2.05. The van der Waals surface area contributed by atoms with Crippen molar-refractivity contribution in [2.45, 2.75) is 13.5 Å². The van der Waals surface area contributed by atoms with E-state index in [-0.39, 0.29) is 12.5 Å². The maximum atomic E-state index is 11.3. The number of Topliss-reactive ketones (excluding diaryl/α,β-unsaturated/α-hetero) is 1. The van der Waals surface area contributed by atoms with Crippen LogP contribution >= 0.6 is 0 Å². The average Bonchev–Trinajstić information content (AvgIpc) is 2.34. The Morgan fingerprint density at radius 2 is 1.71 bits per heavy atom. The van der Waals surface area contributed by atoms with E-state index in [0.717, 1.165) is 12.5 Å². The number of hydrogen-bond donors (Lipinski definition) is 2. The van der Waals surface area contributed by atoms with Crippen LogP contribution in [0.2, 0.25) is 0 Å². The van der Waals surface area contributed by atoms with E-state index >= 15 is 0 Å². The van der Waals surface area contributed by atoms with Gasteiger partial charge in [-0.25, -0.2) is 0 Å². The van der Waals surface area contributed by atoms with Gasteiger partial charge in [0, 0.05) is 13.5 Å². The van der Waals surface area contributed by atoms with Gasteiger partial charge in [-0.2, -0.15) is 0 Å². The Morgan fingerprint density at radius 1 is 1.06 bits per heavy atom. The van der Waals surface area contributed by atoms with Gasteiger partial charge in [0.1, 0.15) is 0 Å². The molecule has 0 heterocycles. The van der Waals surface area contributed by atoms with Crippen LogP contribution in [0, 0.1) is 0 Å². The summed E-state index contributed by atoms with van der Waals surface area (Å²) in [5.74, 6) is -1.69. The van der Waals surface area contributed by atoms with Crippen LogP contribution in [0.4, 0.5) is 0 Å². The fraction of sp³-hybridized carbons (Fsp3) is 0.250. The quantitative estimate of drug-likeness (QED) is 0.705. The van der Waals surface area contributed by atoms with Crippen molar-refractivity contribution in [3.8, 4) is 0 Å². The third-order valence-corrected chi connectivity index (χ3v) is 2.06. The van der Waals surface area contributed by atoms with Crippen LogP contribution in [0.15, 0.2) is 30.3 Å². The lowest BCUT2D eigenvalue weighted by molar-refractivity contribution is -0.137. The molecule has 0 aliphatic rings. The summed E-state index contributed by atoms with van der Waals surface area (Å²) in [6.45, 7) is 1.36. The summed E-state index contributed by atoms with van der Waals surface area (Å²) < 4.78 is 0. The molecule has 0 radical (unpaired) electrons. The highest BCUT2D eigenvalue weighted by Crippen LogP contribution is 1.96. The molecular weight excluding hydrogens is 220 g/mol. The van der Waals surface area contributed by atoms with Gasteiger partial charge in [-0.1, -0.05) is 30.3 Å². The van der Waals surface area contributed by atoms with Gasteiger partial charge in [0.25, 0.3) is 5.91 Å². The zero-order valence-electron chi connectivity index (χ0n) is 9.53. The van der Waals surface area contributed by atoms with Crippen molar-refractivity contribution in [1.82, 2.24) is 10.6 Å². The Kier molecular flexibility index (Phi) is 4.87. The van der Waals surface area contributed by atoms with Crippen molar-refractivity contribution in [1.29, 1.82) is 0 Å². The number of benzene rings is 1. The van der Waals surface area contributed by atoms with Gasteiger partial charge in [-0.15, -0.1) is 0 Å². The first kappa shape index (κ1) is 12.9. The maximum absolute atomic E-state index is 11.3. The molecule has 90 valence electrons. The van der Waals surface area contributed by atoms with E-state index in [1.165, 1.54) is 0 Å². The van der Waals surface area contributed by atoms with Crippen molar-refractivity contribution in [2.24, 2.45) is 0 Å². The summed E-state index contributed by atoms with van der Waals surface area (Å²) in [5.41, 5.74) is 0.971. The van der Waals surface area contributed by atoms with E-state index in [0.29, 0.717) is 6.54 Å². The van der Waals surface area contributed by atoms with Crippen molar-refractivity contribution in [2.75, 3.05) is 6.54 Å². The highest BCUT2D eigenvalue weighted by molar-refractivity contribution is 6.35. The molecule has 0 bridgehead atoms. The first-order valence-electron chi connectivity index (χ1n) is 5.19. The lowest BCUT2D eigenvalue weighted by Crippen LogP contribution is -2.38. The lowest BCUT2D eigenvalue weighted by atomic mass is 10.2. The zero-order valence-corrected chi connectivity index (χ0v) is 9.53. The van der Waals surface area contributed by atoms with Gasteiger partial charge >= 0.3 is 0 Å². The number of ketones is 1. The maximum Gasteiger partial charge on any atom is 0.287 e. The molecule has 0 aliphatic carbocycles. The summed E-state index contributed by atoms with van der Waals surface area (Å²) in [6.07, 6.45) is 0. The highest BCUT2D eigenvalue weighted by Gasteiger charge is 2.08. The van der Waals surface area contributed by atoms with E-state index in [1.54, 1.807) is 0 Å². The average molecular weight is 234 g/mol. The molecule has 5 nitrogen and oxygen atoms in total. The number of carbonyl (C=O) groups is 3. The second-order valence-corrected chi connectivity index (χ2v) is 3.50. The number of nitrogens with one attached hydrogen (secondary N) is 2. The topological polar surface area (TPSA) is 75.3 Å². The Hall–Kier alpha value is -2.17. The van der Waals surface area contributed by atoms with E-state index in [4.69, 9.17) is 0 Å². The van der Waals surface area contributed by atoms with E-state index in [1.807, 2.05) is 30.3 Å². The van der Waals surface area contributed by atoms with Crippen LogP contribution in [-0.2, 0) is 20.9 Å². The molecule has 0 saturated carbocycles. The second kappa shape index (κ2) is 6.42. The third-order valence-electron chi connectivity index (χ3n) is 2.06. The normalized spacial score (nSPS) is 9.47. The van der Waals surface area contributed by atoms with Gasteiger partial charge in [-0.3, -0.25) is 14.4 Å². The molecule has 0 aromatic heterocycles. The minimum atomic E-state index is -0.750. The van der Waals surface area contributed by atoms with Crippen LogP contribution in [-0.4, -0.2) is 24.1 Å². The molecule has 0 atom stereocenters. The predicted molar refractivity (Wildman–Crippen MR) is 62.0 cm³/mol. The SMILES string of the molecule is CC(=O)C(=O)NCC(=O)NCc1ccccc1. The largest absolute Gasteiger partial charge is 0.350 e.